The molecular formula is C18H23BFN2O3+. The van der Waals surface area contributed by atoms with Crippen LogP contribution in [-0.2, 0) is 17.6 Å². The monoisotopic (exact) mass is 345 g/mol. The summed E-state index contributed by atoms with van der Waals surface area (Å²) >= 11 is 0. The second-order valence-corrected chi connectivity index (χ2v) is 6.14. The summed E-state index contributed by atoms with van der Waals surface area (Å²) in [6.45, 7) is 0.106. The van der Waals surface area contributed by atoms with Gasteiger partial charge < -0.3 is 21.1 Å². The van der Waals surface area contributed by atoms with Gasteiger partial charge in [0, 0.05) is 18.8 Å². The molecule has 0 spiro atoms. The minimum absolute atomic E-state index is 0.106. The standard InChI is InChI=1S/C18H22BFN2O3/c20-16-8-6-14(7-9-16)10-15(19(24)25)12-22-18(23)17(21)11-13-4-2-1-3-5-13/h1-9,15,17,24-25H,10-12,21H2,(H,22,23)/p+1/t15-,17+/m1/s1. The number of hydrogen-bond acceptors (Lipinski definition) is 3. The Labute approximate surface area is 146 Å². The molecule has 2 aromatic carbocycles. The maximum absolute atomic E-state index is 12.9. The predicted molar refractivity (Wildman–Crippen MR) is 93.9 cm³/mol. The first-order valence-corrected chi connectivity index (χ1v) is 8.21. The second kappa shape index (κ2) is 9.32. The summed E-state index contributed by atoms with van der Waals surface area (Å²) in [5, 5.41) is 21.8. The van der Waals surface area contributed by atoms with E-state index in [1.165, 1.54) is 12.1 Å². The zero-order valence-corrected chi connectivity index (χ0v) is 13.9. The van der Waals surface area contributed by atoms with E-state index >= 15 is 0 Å². The molecule has 1 amide bonds. The van der Waals surface area contributed by atoms with E-state index in [4.69, 9.17) is 0 Å². The summed E-state index contributed by atoms with van der Waals surface area (Å²) < 4.78 is 12.9. The molecule has 0 radical (unpaired) electrons. The van der Waals surface area contributed by atoms with Crippen LogP contribution < -0.4 is 11.1 Å². The first-order chi connectivity index (χ1) is 12.0. The minimum atomic E-state index is -1.58. The molecule has 0 fully saturated rings. The largest absolute Gasteiger partial charge is 0.456 e. The molecule has 0 saturated heterocycles. The fraction of sp³-hybridized carbons (Fsp3) is 0.278. The van der Waals surface area contributed by atoms with Crippen molar-refractivity contribution < 1.29 is 25.0 Å². The number of rotatable bonds is 8. The fourth-order valence-electron chi connectivity index (χ4n) is 2.57. The quantitative estimate of drug-likeness (QED) is 0.514. The third-order valence-electron chi connectivity index (χ3n) is 4.07. The molecule has 6 N–H and O–H groups in total. The molecule has 2 rings (SSSR count). The average Bonchev–Trinajstić information content (AvgIpc) is 2.60. The normalized spacial score (nSPS) is 13.1. The summed E-state index contributed by atoms with van der Waals surface area (Å²) in [7, 11) is -1.58. The van der Waals surface area contributed by atoms with Gasteiger partial charge in [-0.15, -0.1) is 0 Å². The van der Waals surface area contributed by atoms with Crippen LogP contribution in [0.2, 0.25) is 5.82 Å². The van der Waals surface area contributed by atoms with Gasteiger partial charge in [0.2, 0.25) is 0 Å². The van der Waals surface area contributed by atoms with Crippen molar-refractivity contribution >= 4 is 13.0 Å². The lowest BCUT2D eigenvalue weighted by molar-refractivity contribution is -0.403. The van der Waals surface area contributed by atoms with Crippen LogP contribution in [0.5, 0.6) is 0 Å². The van der Waals surface area contributed by atoms with Crippen LogP contribution >= 0.6 is 0 Å². The molecule has 0 aliphatic carbocycles. The Balaban J connectivity index is 1.87. The van der Waals surface area contributed by atoms with E-state index < -0.39 is 19.0 Å². The molecule has 2 aromatic rings. The van der Waals surface area contributed by atoms with Gasteiger partial charge in [0.1, 0.15) is 5.82 Å². The predicted octanol–water partition coefficient (Wildman–Crippen LogP) is 0.181. The smallest absolute Gasteiger partial charge is 0.427 e. The van der Waals surface area contributed by atoms with E-state index in [1.807, 2.05) is 30.3 Å². The highest BCUT2D eigenvalue weighted by molar-refractivity contribution is 6.43. The first kappa shape index (κ1) is 19.1. The number of hydrogen-bond donors (Lipinski definition) is 4. The van der Waals surface area contributed by atoms with E-state index in [0.717, 1.165) is 11.1 Å². The lowest BCUT2D eigenvalue weighted by atomic mass is 9.69. The number of halogens is 1. The number of carbonyl (C=O) groups is 1. The van der Waals surface area contributed by atoms with Crippen molar-refractivity contribution in [3.63, 3.8) is 0 Å². The molecule has 25 heavy (non-hydrogen) atoms. The van der Waals surface area contributed by atoms with Gasteiger partial charge in [0.05, 0.1) is 0 Å². The van der Waals surface area contributed by atoms with Gasteiger partial charge in [-0.25, -0.2) is 4.39 Å². The number of carbonyl (C=O) groups excluding carboxylic acids is 1. The van der Waals surface area contributed by atoms with Crippen LogP contribution in [-0.4, -0.2) is 35.7 Å². The Morgan fingerprint density at radius 2 is 1.64 bits per heavy atom. The van der Waals surface area contributed by atoms with Gasteiger partial charge in [-0.1, -0.05) is 42.5 Å². The van der Waals surface area contributed by atoms with Gasteiger partial charge >= 0.3 is 7.12 Å². The highest BCUT2D eigenvalue weighted by atomic mass is 19.1. The summed E-state index contributed by atoms with van der Waals surface area (Å²) in [6, 6.07) is 14.9. The van der Waals surface area contributed by atoms with Crippen molar-refractivity contribution in [2.45, 2.75) is 24.7 Å². The van der Waals surface area contributed by atoms with Crippen molar-refractivity contribution in [1.82, 2.24) is 5.32 Å². The zero-order valence-electron chi connectivity index (χ0n) is 13.9. The second-order valence-electron chi connectivity index (χ2n) is 6.14. The number of amides is 1. The molecule has 0 bridgehead atoms. The summed E-state index contributed by atoms with van der Waals surface area (Å²) in [5.74, 6) is -1.18. The van der Waals surface area contributed by atoms with Gasteiger partial charge in [0.15, 0.2) is 6.04 Å². The lowest BCUT2D eigenvalue weighted by Crippen LogP contribution is -2.68. The highest BCUT2D eigenvalue weighted by Crippen LogP contribution is 2.15. The maximum Gasteiger partial charge on any atom is 0.456 e. The van der Waals surface area contributed by atoms with Crippen LogP contribution in [0.3, 0.4) is 0 Å². The van der Waals surface area contributed by atoms with E-state index in [0.29, 0.717) is 12.8 Å². The van der Waals surface area contributed by atoms with Crippen LogP contribution in [0.15, 0.2) is 54.6 Å². The summed E-state index contributed by atoms with van der Waals surface area (Å²) in [4.78, 5) is 12.2. The Kier molecular flexibility index (Phi) is 7.12. The maximum atomic E-state index is 12.9. The molecule has 7 heteroatoms. The van der Waals surface area contributed by atoms with Crippen LogP contribution in [0.1, 0.15) is 11.1 Å². The minimum Gasteiger partial charge on any atom is -0.427 e. The number of quaternary nitrogens is 1. The van der Waals surface area contributed by atoms with Gasteiger partial charge in [-0.3, -0.25) is 4.79 Å². The zero-order chi connectivity index (χ0) is 18.2. The first-order valence-electron chi connectivity index (χ1n) is 8.21. The third kappa shape index (κ3) is 6.30. The molecule has 0 saturated carbocycles. The van der Waals surface area contributed by atoms with Gasteiger partial charge in [-0.05, 0) is 29.7 Å². The van der Waals surface area contributed by atoms with Crippen molar-refractivity contribution in [3.05, 3.63) is 71.5 Å². The Bertz CT molecular complexity index is 668. The average molecular weight is 345 g/mol. The summed E-state index contributed by atoms with van der Waals surface area (Å²) in [5.41, 5.74) is 5.66. The molecule has 0 aromatic heterocycles. The SMILES string of the molecule is [NH3+][C@@H](Cc1ccccc1)C(=O)NC[C@@H](Cc1ccc(F)cc1)B(O)O. The van der Waals surface area contributed by atoms with Crippen molar-refractivity contribution in [2.75, 3.05) is 6.54 Å². The Hall–Kier alpha value is -2.22. The van der Waals surface area contributed by atoms with Crippen LogP contribution in [0.25, 0.3) is 0 Å². The molecule has 2 atom stereocenters. The molecule has 0 aliphatic rings. The van der Waals surface area contributed by atoms with Gasteiger partial charge in [0.25, 0.3) is 5.91 Å². The molecule has 132 valence electrons. The molecule has 0 aliphatic heterocycles. The van der Waals surface area contributed by atoms with Crippen molar-refractivity contribution in [2.24, 2.45) is 0 Å². The van der Waals surface area contributed by atoms with E-state index in [1.54, 1.807) is 12.1 Å². The topological polar surface area (TPSA) is 97.2 Å². The Morgan fingerprint density at radius 1 is 1.04 bits per heavy atom. The highest BCUT2D eigenvalue weighted by Gasteiger charge is 2.26. The van der Waals surface area contributed by atoms with Crippen molar-refractivity contribution in [3.8, 4) is 0 Å². The fourth-order valence-corrected chi connectivity index (χ4v) is 2.57. The van der Waals surface area contributed by atoms with Crippen LogP contribution in [0.4, 0.5) is 4.39 Å². The number of nitrogens with one attached hydrogen (secondary N) is 1. The van der Waals surface area contributed by atoms with E-state index in [9.17, 15) is 19.2 Å². The van der Waals surface area contributed by atoms with E-state index in [-0.39, 0.29) is 18.3 Å². The molecular weight excluding hydrogens is 322 g/mol. The lowest BCUT2D eigenvalue weighted by Gasteiger charge is -2.18. The summed E-state index contributed by atoms with van der Waals surface area (Å²) in [6.07, 6.45) is 0.829. The number of benzene rings is 2. The molecule has 0 heterocycles. The third-order valence-corrected chi connectivity index (χ3v) is 4.07. The van der Waals surface area contributed by atoms with Gasteiger partial charge in [-0.2, -0.15) is 0 Å². The molecule has 0 unspecified atom stereocenters. The van der Waals surface area contributed by atoms with E-state index in [2.05, 4.69) is 11.1 Å². The molecule has 5 nitrogen and oxygen atoms in total. The van der Waals surface area contributed by atoms with Crippen LogP contribution in [0, 0.1) is 5.82 Å². The van der Waals surface area contributed by atoms with Crippen molar-refractivity contribution in [1.29, 1.82) is 0 Å². The Morgan fingerprint density at radius 3 is 2.24 bits per heavy atom.